The van der Waals surface area contributed by atoms with Gasteiger partial charge in [-0.3, -0.25) is 10.4 Å². The van der Waals surface area contributed by atoms with E-state index in [0.717, 1.165) is 10.2 Å². The monoisotopic (exact) mass is 478 g/mol. The van der Waals surface area contributed by atoms with Crippen molar-refractivity contribution in [1.29, 1.82) is 5.41 Å². The molecule has 1 atom stereocenters. The van der Waals surface area contributed by atoms with Gasteiger partial charge in [-0.1, -0.05) is 24.3 Å². The maximum atomic E-state index is 15.3. The summed E-state index contributed by atoms with van der Waals surface area (Å²) in [4.78, 5) is 19.4. The van der Waals surface area contributed by atoms with Crippen molar-refractivity contribution in [3.63, 3.8) is 0 Å². The summed E-state index contributed by atoms with van der Waals surface area (Å²) in [5.74, 6) is -1.01. The SMILES string of the molecule is COc1cc(F)c(C(Cc2ccc(C(=N)N)cc2)c2nn(-c3ncccc3O)c(=O)[nH]2)cc1OC. The Morgan fingerprint density at radius 1 is 1.20 bits per heavy atom. The number of pyridine rings is 1. The van der Waals surface area contributed by atoms with Gasteiger partial charge in [0.05, 0.1) is 20.1 Å². The van der Waals surface area contributed by atoms with E-state index in [-0.39, 0.29) is 41.0 Å². The minimum Gasteiger partial charge on any atom is -0.504 e. The van der Waals surface area contributed by atoms with E-state index in [2.05, 4.69) is 15.1 Å². The van der Waals surface area contributed by atoms with Gasteiger partial charge in [-0.25, -0.2) is 14.2 Å². The topological polar surface area (TPSA) is 152 Å². The molecule has 4 rings (SSSR count). The number of aromatic nitrogens is 4. The molecular weight excluding hydrogens is 455 g/mol. The fraction of sp³-hybridized carbons (Fsp3) is 0.167. The minimum absolute atomic E-state index is 0.0580. The van der Waals surface area contributed by atoms with E-state index in [1.54, 1.807) is 24.3 Å². The van der Waals surface area contributed by atoms with Crippen LogP contribution in [0, 0.1) is 11.2 Å². The highest BCUT2D eigenvalue weighted by atomic mass is 19.1. The summed E-state index contributed by atoms with van der Waals surface area (Å²) in [6.07, 6.45) is 1.66. The number of H-pyrrole nitrogens is 1. The third-order valence-electron chi connectivity index (χ3n) is 5.51. The van der Waals surface area contributed by atoms with E-state index < -0.39 is 17.4 Å². The first-order valence-electron chi connectivity index (χ1n) is 10.5. The Labute approximate surface area is 199 Å². The van der Waals surface area contributed by atoms with Crippen LogP contribution in [0.25, 0.3) is 5.82 Å². The standard InChI is InChI=1S/C24H23FN6O4/c1-34-19-11-15(17(25)12-20(19)35-2)16(10-13-5-7-14(8-6-13)21(26)27)22-29-24(33)31(30-22)23-18(32)4-3-9-28-23/h3-9,11-12,16,32H,10H2,1-2H3,(H3,26,27)(H,29,30,33). The minimum atomic E-state index is -0.752. The Kier molecular flexibility index (Phi) is 6.49. The van der Waals surface area contributed by atoms with Crippen LogP contribution >= 0.6 is 0 Å². The Balaban J connectivity index is 1.84. The molecule has 5 N–H and O–H groups in total. The zero-order valence-corrected chi connectivity index (χ0v) is 18.9. The van der Waals surface area contributed by atoms with Crippen molar-refractivity contribution >= 4 is 5.84 Å². The number of halogens is 1. The summed E-state index contributed by atoms with van der Waals surface area (Å²) in [5, 5.41) is 22.0. The molecule has 4 aromatic rings. The molecule has 2 aromatic carbocycles. The van der Waals surface area contributed by atoms with E-state index in [0.29, 0.717) is 11.3 Å². The van der Waals surface area contributed by atoms with Crippen molar-refractivity contribution in [1.82, 2.24) is 19.7 Å². The lowest BCUT2D eigenvalue weighted by molar-refractivity contribution is 0.351. The molecule has 0 bridgehead atoms. The van der Waals surface area contributed by atoms with Crippen LogP contribution in [-0.2, 0) is 6.42 Å². The first-order valence-corrected chi connectivity index (χ1v) is 10.5. The second-order valence-electron chi connectivity index (χ2n) is 7.67. The lowest BCUT2D eigenvalue weighted by Crippen LogP contribution is -2.17. The lowest BCUT2D eigenvalue weighted by Gasteiger charge is -2.18. The molecule has 0 aliphatic heterocycles. The Hall–Kier alpha value is -4.67. The summed E-state index contributed by atoms with van der Waals surface area (Å²) in [6, 6.07) is 12.5. The number of ether oxygens (including phenoxy) is 2. The smallest absolute Gasteiger partial charge is 0.349 e. The number of nitrogens with one attached hydrogen (secondary N) is 2. The van der Waals surface area contributed by atoms with Crippen molar-refractivity contribution in [3.05, 3.63) is 93.5 Å². The van der Waals surface area contributed by atoms with Crippen molar-refractivity contribution in [2.24, 2.45) is 5.73 Å². The second kappa shape index (κ2) is 9.67. The molecule has 180 valence electrons. The number of hydrogen-bond acceptors (Lipinski definition) is 7. The van der Waals surface area contributed by atoms with Crippen molar-refractivity contribution in [3.8, 4) is 23.1 Å². The molecule has 1 unspecified atom stereocenters. The van der Waals surface area contributed by atoms with Gasteiger partial charge in [-0.05, 0) is 30.2 Å². The average Bonchev–Trinajstić information content (AvgIpc) is 3.24. The van der Waals surface area contributed by atoms with Crippen LogP contribution in [0.5, 0.6) is 17.2 Å². The third-order valence-corrected chi connectivity index (χ3v) is 5.51. The Morgan fingerprint density at radius 3 is 2.51 bits per heavy atom. The Morgan fingerprint density at radius 2 is 1.89 bits per heavy atom. The van der Waals surface area contributed by atoms with Crippen molar-refractivity contribution in [2.75, 3.05) is 14.2 Å². The van der Waals surface area contributed by atoms with Crippen LogP contribution in [0.2, 0.25) is 0 Å². The van der Waals surface area contributed by atoms with Crippen LogP contribution in [0.3, 0.4) is 0 Å². The van der Waals surface area contributed by atoms with Gasteiger partial charge in [-0.2, -0.15) is 4.68 Å². The quantitative estimate of drug-likeness (QED) is 0.224. The third kappa shape index (κ3) is 4.69. The Bertz CT molecular complexity index is 1430. The van der Waals surface area contributed by atoms with Gasteiger partial charge in [0.25, 0.3) is 0 Å². The number of nitrogens with zero attached hydrogens (tertiary/aromatic N) is 3. The number of nitrogen functional groups attached to an aromatic ring is 1. The number of methoxy groups -OCH3 is 2. The summed E-state index contributed by atoms with van der Waals surface area (Å²) >= 11 is 0. The molecule has 0 aliphatic rings. The molecule has 10 nitrogen and oxygen atoms in total. The van der Waals surface area contributed by atoms with Gasteiger partial charge in [0.1, 0.15) is 17.5 Å². The molecule has 0 saturated carbocycles. The number of aromatic hydroxyl groups is 1. The zero-order valence-electron chi connectivity index (χ0n) is 18.9. The number of hydrogen-bond donors (Lipinski definition) is 4. The average molecular weight is 478 g/mol. The highest BCUT2D eigenvalue weighted by molar-refractivity contribution is 5.94. The van der Waals surface area contributed by atoms with Gasteiger partial charge in [-0.15, -0.1) is 5.10 Å². The fourth-order valence-electron chi connectivity index (χ4n) is 3.74. The molecule has 0 fully saturated rings. The number of nitrogens with two attached hydrogens (primary N) is 1. The summed E-state index contributed by atoms with van der Waals surface area (Å²) in [5.41, 5.74) is 6.44. The molecule has 0 aliphatic carbocycles. The van der Waals surface area contributed by atoms with Gasteiger partial charge >= 0.3 is 5.69 Å². The molecule has 2 aromatic heterocycles. The predicted octanol–water partition coefficient (Wildman–Crippen LogP) is 2.48. The highest BCUT2D eigenvalue weighted by Crippen LogP contribution is 2.36. The first-order chi connectivity index (χ1) is 16.8. The fourth-order valence-corrected chi connectivity index (χ4v) is 3.74. The zero-order chi connectivity index (χ0) is 25.1. The van der Waals surface area contributed by atoms with Crippen LogP contribution in [-0.4, -0.2) is 44.9 Å². The molecule has 35 heavy (non-hydrogen) atoms. The number of aromatic amines is 1. The molecule has 0 amide bonds. The largest absolute Gasteiger partial charge is 0.504 e. The number of amidine groups is 1. The molecule has 0 radical (unpaired) electrons. The predicted molar refractivity (Wildman–Crippen MR) is 126 cm³/mol. The molecule has 2 heterocycles. The summed E-state index contributed by atoms with van der Waals surface area (Å²) in [7, 11) is 2.85. The van der Waals surface area contributed by atoms with Gasteiger partial charge in [0.15, 0.2) is 17.2 Å². The maximum absolute atomic E-state index is 15.3. The molecule has 0 saturated heterocycles. The van der Waals surface area contributed by atoms with Crippen LogP contribution in [0.15, 0.2) is 59.5 Å². The second-order valence-corrected chi connectivity index (χ2v) is 7.67. The van der Waals surface area contributed by atoms with E-state index in [1.807, 2.05) is 0 Å². The van der Waals surface area contributed by atoms with Crippen molar-refractivity contribution < 1.29 is 19.0 Å². The lowest BCUT2D eigenvalue weighted by atomic mass is 9.90. The van der Waals surface area contributed by atoms with E-state index in [9.17, 15) is 9.90 Å². The van der Waals surface area contributed by atoms with Gasteiger partial charge in [0, 0.05) is 23.4 Å². The maximum Gasteiger partial charge on any atom is 0.349 e. The first kappa shape index (κ1) is 23.5. The number of rotatable bonds is 8. The van der Waals surface area contributed by atoms with Gasteiger partial charge in [0.2, 0.25) is 5.82 Å². The van der Waals surface area contributed by atoms with E-state index in [4.69, 9.17) is 20.6 Å². The highest BCUT2D eigenvalue weighted by Gasteiger charge is 2.26. The van der Waals surface area contributed by atoms with E-state index in [1.165, 1.54) is 44.7 Å². The van der Waals surface area contributed by atoms with Gasteiger partial charge < -0.3 is 20.3 Å². The van der Waals surface area contributed by atoms with Crippen LogP contribution < -0.4 is 20.9 Å². The van der Waals surface area contributed by atoms with E-state index >= 15 is 4.39 Å². The number of benzene rings is 2. The van der Waals surface area contributed by atoms with Crippen molar-refractivity contribution in [2.45, 2.75) is 12.3 Å². The summed E-state index contributed by atoms with van der Waals surface area (Å²) in [6.45, 7) is 0. The normalized spacial score (nSPS) is 11.7. The molecule has 0 spiro atoms. The molecule has 11 heteroatoms. The van der Waals surface area contributed by atoms with Crippen LogP contribution in [0.1, 0.15) is 28.4 Å². The molecular formula is C24H23FN6O4. The summed E-state index contributed by atoms with van der Waals surface area (Å²) < 4.78 is 26.8. The van der Waals surface area contributed by atoms with Crippen LogP contribution in [0.4, 0.5) is 4.39 Å².